The highest BCUT2D eigenvalue weighted by atomic mass is 16.7. The van der Waals surface area contributed by atoms with Gasteiger partial charge in [0.15, 0.2) is 0 Å². The second-order valence-electron chi connectivity index (χ2n) is 20.4. The summed E-state index contributed by atoms with van der Waals surface area (Å²) in [6, 6.07) is 29.3. The van der Waals surface area contributed by atoms with Gasteiger partial charge in [-0.25, -0.2) is 0 Å². The van der Waals surface area contributed by atoms with Crippen molar-refractivity contribution >= 4 is 45.5 Å². The number of nitrogens with zero attached hydrogens (tertiary/aromatic N) is 1. The largest absolute Gasteiger partial charge is 0.466 e. The van der Waals surface area contributed by atoms with Crippen molar-refractivity contribution in [1.29, 1.82) is 0 Å². The van der Waals surface area contributed by atoms with Gasteiger partial charge >= 0.3 is 28.5 Å². The van der Waals surface area contributed by atoms with Crippen LogP contribution in [0.1, 0.15) is 116 Å². The molecule has 0 amide bonds. The molecule has 7 rings (SSSR count). The van der Waals surface area contributed by atoms with Crippen LogP contribution in [0.25, 0.3) is 0 Å². The van der Waals surface area contributed by atoms with Crippen molar-refractivity contribution in [2.75, 3.05) is 4.90 Å². The van der Waals surface area contributed by atoms with Crippen LogP contribution in [0.3, 0.4) is 0 Å². The maximum Gasteiger partial charge on any atom is 0.466 e. The summed E-state index contributed by atoms with van der Waals surface area (Å²) in [4.78, 5) is 2.25. The fourth-order valence-corrected chi connectivity index (χ4v) is 8.12. The Hall–Kier alpha value is -2.60. The zero-order valence-corrected chi connectivity index (χ0v) is 37.2. The highest BCUT2D eigenvalue weighted by Crippen LogP contribution is 2.59. The predicted octanol–water partition coefficient (Wildman–Crippen LogP) is 9.75. The van der Waals surface area contributed by atoms with E-state index in [0.717, 1.165) is 22.6 Å². The fourth-order valence-electron chi connectivity index (χ4n) is 8.12. The molecule has 3 aromatic carbocycles. The molecule has 9 nitrogen and oxygen atoms in total. The molecule has 0 aromatic heterocycles. The van der Waals surface area contributed by atoms with Gasteiger partial charge in [-0.15, -0.1) is 0 Å². The third kappa shape index (κ3) is 6.86. The van der Waals surface area contributed by atoms with E-state index in [1.54, 1.807) is 0 Å². The Morgan fingerprint density at radius 3 is 0.930 bits per heavy atom. The smallest absolute Gasteiger partial charge is 0.403 e. The topological polar surface area (TPSA) is 77.1 Å². The molecule has 0 bridgehead atoms. The average molecular weight is 777 g/mol. The molecule has 4 saturated heterocycles. The van der Waals surface area contributed by atoms with Gasteiger partial charge in [-0.1, -0.05) is 48.5 Å². The lowest BCUT2D eigenvalue weighted by atomic mass is 9.22. The van der Waals surface area contributed by atoms with Crippen molar-refractivity contribution in [3.05, 3.63) is 90.5 Å². The Kier molecular flexibility index (Phi) is 10.2. The molecule has 4 aliphatic rings. The zero-order chi connectivity index (χ0) is 41.8. The van der Waals surface area contributed by atoms with Gasteiger partial charge in [0.2, 0.25) is 0 Å². The van der Waals surface area contributed by atoms with Crippen LogP contribution in [-0.2, 0) is 42.4 Å². The molecule has 0 aliphatic carbocycles. The third-order valence-corrected chi connectivity index (χ3v) is 14.6. The van der Waals surface area contributed by atoms with E-state index >= 15 is 0 Å². The van der Waals surface area contributed by atoms with Crippen molar-refractivity contribution in [2.45, 2.75) is 167 Å². The van der Waals surface area contributed by atoms with Crippen LogP contribution in [0.2, 0.25) is 5.72 Å². The monoisotopic (exact) mass is 777 g/mol. The van der Waals surface area contributed by atoms with Crippen LogP contribution < -0.4 is 4.90 Å². The van der Waals surface area contributed by atoms with Gasteiger partial charge in [0.05, 0.1) is 50.0 Å². The zero-order valence-electron chi connectivity index (χ0n) is 37.2. The van der Waals surface area contributed by atoms with E-state index in [-0.39, 0.29) is 0 Å². The average Bonchev–Trinajstić information content (AvgIpc) is 3.64. The summed E-state index contributed by atoms with van der Waals surface area (Å²) in [5.41, 5.74) is -2.51. The fraction of sp³-hybridized carbons (Fsp3) is 0.591. The Morgan fingerprint density at radius 1 is 0.368 bits per heavy atom. The van der Waals surface area contributed by atoms with E-state index in [4.69, 9.17) is 37.2 Å². The van der Waals surface area contributed by atoms with E-state index < -0.39 is 84.2 Å². The summed E-state index contributed by atoms with van der Waals surface area (Å²) in [7, 11) is -3.61. The van der Waals surface area contributed by atoms with Crippen LogP contribution >= 0.6 is 0 Å². The summed E-state index contributed by atoms with van der Waals surface area (Å²) >= 11 is 0. The Balaban J connectivity index is 1.52. The van der Waals surface area contributed by atoms with Gasteiger partial charge < -0.3 is 42.1 Å². The highest BCUT2D eigenvalue weighted by Gasteiger charge is 2.79. The first-order chi connectivity index (χ1) is 26.2. The standard InChI is InChI=1S/C44H63B4NO8/c1-36(2)37(3,4)51-45(50-36)35(46-52-38(5,6)39(7,8)53-46)44(47-54-40(9,10)41(11,12)55-47,48-56-42(13,14)43(15,16)57-48)31-27-29-34(30-28-31)49(32-23-19-17-20-24-32)33-25-21-18-22-26-33/h17-30,35H,1-16H3. The Bertz CT molecular complexity index is 1740. The summed E-state index contributed by atoms with van der Waals surface area (Å²) in [6.45, 7) is 33.1. The lowest BCUT2D eigenvalue weighted by molar-refractivity contribution is 0.00578. The quantitative estimate of drug-likeness (QED) is 0.198. The van der Waals surface area contributed by atoms with E-state index in [1.165, 1.54) is 0 Å². The first-order valence-electron chi connectivity index (χ1n) is 20.6. The molecule has 13 heteroatoms. The molecule has 0 atom stereocenters. The van der Waals surface area contributed by atoms with Gasteiger partial charge in [-0.3, -0.25) is 0 Å². The summed E-state index contributed by atoms with van der Waals surface area (Å²) in [5.74, 6) is 0. The number of benzene rings is 3. The number of rotatable bonds is 9. The normalized spacial score (nSPS) is 25.1. The van der Waals surface area contributed by atoms with Crippen LogP contribution in [0.5, 0.6) is 0 Å². The van der Waals surface area contributed by atoms with Crippen LogP contribution in [0.4, 0.5) is 17.1 Å². The SMILES string of the molecule is CC1(C)OB(C(B2OC(C)(C)C(C)(C)O2)C(B2OC(C)(C)C(C)(C)O2)(B2OC(C)(C)C(C)(C)O2)c2ccc(N(c3ccccc3)c3ccccc3)cc2)OC1(C)C. The molecule has 57 heavy (non-hydrogen) atoms. The maximum atomic E-state index is 7.24. The molecule has 3 aromatic rings. The molecule has 4 aliphatic heterocycles. The van der Waals surface area contributed by atoms with Crippen LogP contribution in [0, 0.1) is 0 Å². The van der Waals surface area contributed by atoms with Gasteiger partial charge in [-0.2, -0.15) is 0 Å². The van der Waals surface area contributed by atoms with Crippen LogP contribution in [-0.4, -0.2) is 73.3 Å². The second kappa shape index (κ2) is 13.7. The van der Waals surface area contributed by atoms with Gasteiger partial charge in [0.1, 0.15) is 0 Å². The van der Waals surface area contributed by atoms with Crippen molar-refractivity contribution in [3.8, 4) is 0 Å². The number of para-hydroxylation sites is 2. The molecule has 0 radical (unpaired) electrons. The molecule has 0 saturated carbocycles. The minimum atomic E-state index is -1.32. The van der Waals surface area contributed by atoms with Crippen molar-refractivity contribution in [1.82, 2.24) is 0 Å². The third-order valence-electron chi connectivity index (χ3n) is 14.6. The predicted molar refractivity (Wildman–Crippen MR) is 231 cm³/mol. The molecule has 304 valence electrons. The van der Waals surface area contributed by atoms with E-state index in [0.29, 0.717) is 0 Å². The lowest BCUT2D eigenvalue weighted by Gasteiger charge is -2.44. The van der Waals surface area contributed by atoms with E-state index in [2.05, 4.69) is 188 Å². The van der Waals surface area contributed by atoms with Gasteiger partial charge in [0, 0.05) is 22.8 Å². The molecule has 4 heterocycles. The Labute approximate surface area is 343 Å². The minimum Gasteiger partial charge on any atom is -0.403 e. The molecule has 0 N–H and O–H groups in total. The van der Waals surface area contributed by atoms with E-state index in [9.17, 15) is 0 Å². The molecule has 0 unspecified atom stereocenters. The van der Waals surface area contributed by atoms with Crippen molar-refractivity contribution in [3.63, 3.8) is 0 Å². The Morgan fingerprint density at radius 2 is 0.632 bits per heavy atom. The first-order valence-corrected chi connectivity index (χ1v) is 20.6. The van der Waals surface area contributed by atoms with Crippen molar-refractivity contribution in [2.24, 2.45) is 0 Å². The van der Waals surface area contributed by atoms with Gasteiger partial charge in [-0.05, 0) is 153 Å². The van der Waals surface area contributed by atoms with Crippen molar-refractivity contribution < 1.29 is 37.2 Å². The van der Waals surface area contributed by atoms with Crippen LogP contribution in [0.15, 0.2) is 84.9 Å². The summed E-state index contributed by atoms with van der Waals surface area (Å²) < 4.78 is 57.3. The molecular weight excluding hydrogens is 714 g/mol. The number of anilines is 3. The minimum absolute atomic E-state index is 0.688. The van der Waals surface area contributed by atoms with E-state index in [1.807, 2.05) is 12.1 Å². The maximum absolute atomic E-state index is 7.24. The highest BCUT2D eigenvalue weighted by molar-refractivity contribution is 6.81. The number of hydrogen-bond donors (Lipinski definition) is 0. The lowest BCUT2D eigenvalue weighted by Crippen LogP contribution is -2.67. The molecule has 0 spiro atoms. The first kappa shape index (κ1) is 42.5. The second-order valence-corrected chi connectivity index (χ2v) is 20.4. The number of hydrogen-bond acceptors (Lipinski definition) is 9. The summed E-state index contributed by atoms with van der Waals surface area (Å²) in [5, 5.41) is -1.32. The molecular formula is C44H63B4NO8. The molecule has 4 fully saturated rings. The summed E-state index contributed by atoms with van der Waals surface area (Å²) in [6.07, 6.45) is 0. The van der Waals surface area contributed by atoms with Gasteiger partial charge in [0.25, 0.3) is 0 Å².